The minimum absolute atomic E-state index is 0. The van der Waals surface area contributed by atoms with E-state index in [9.17, 15) is 4.79 Å². The minimum atomic E-state index is 0. The number of hydrogen-bond donors (Lipinski definition) is 2. The third kappa shape index (κ3) is 6.54. The Hall–Kier alpha value is -0.320. The summed E-state index contributed by atoms with van der Waals surface area (Å²) in [6.07, 6.45) is 10.7. The molecule has 1 aliphatic carbocycles. The lowest BCUT2D eigenvalue weighted by Gasteiger charge is -2.33. The Kier molecular flexibility index (Phi) is 9.29. The standard InChI is InChI=1S/C16H31N3O.ClH/c17-9-10-18-16(20)15-7-4-11-19(13-15)12-8-14-5-2-1-3-6-14;/h14-15H,1-13,17H2,(H,18,20);1H. The van der Waals surface area contributed by atoms with Crippen LogP contribution in [0.4, 0.5) is 0 Å². The van der Waals surface area contributed by atoms with Crippen molar-refractivity contribution in [2.24, 2.45) is 17.6 Å². The molecule has 0 aromatic carbocycles. The first-order valence-corrected chi connectivity index (χ1v) is 8.49. The zero-order valence-corrected chi connectivity index (χ0v) is 14.0. The number of amides is 1. The van der Waals surface area contributed by atoms with Crippen molar-refractivity contribution in [1.29, 1.82) is 0 Å². The van der Waals surface area contributed by atoms with Gasteiger partial charge in [-0.15, -0.1) is 12.4 Å². The van der Waals surface area contributed by atoms with Gasteiger partial charge in [-0.05, 0) is 38.3 Å². The highest BCUT2D eigenvalue weighted by atomic mass is 35.5. The van der Waals surface area contributed by atoms with Crippen molar-refractivity contribution < 1.29 is 4.79 Å². The first-order chi connectivity index (χ1) is 9.79. The highest BCUT2D eigenvalue weighted by Crippen LogP contribution is 2.27. The summed E-state index contributed by atoms with van der Waals surface area (Å²) in [5, 5.41) is 2.94. The molecule has 5 heteroatoms. The van der Waals surface area contributed by atoms with Crippen LogP contribution in [0.1, 0.15) is 51.4 Å². The second-order valence-corrected chi connectivity index (χ2v) is 6.51. The molecule has 1 amide bonds. The first kappa shape index (κ1) is 18.7. The quantitative estimate of drug-likeness (QED) is 0.789. The molecule has 2 aliphatic rings. The van der Waals surface area contributed by atoms with Gasteiger partial charge in [0.1, 0.15) is 0 Å². The number of likely N-dealkylation sites (tertiary alicyclic amines) is 1. The van der Waals surface area contributed by atoms with Gasteiger partial charge < -0.3 is 16.0 Å². The van der Waals surface area contributed by atoms with Gasteiger partial charge in [0.25, 0.3) is 0 Å². The molecule has 1 saturated carbocycles. The Morgan fingerprint density at radius 1 is 1.14 bits per heavy atom. The van der Waals surface area contributed by atoms with E-state index in [1.54, 1.807) is 0 Å². The van der Waals surface area contributed by atoms with Crippen molar-refractivity contribution in [3.8, 4) is 0 Å². The van der Waals surface area contributed by atoms with E-state index < -0.39 is 0 Å². The summed E-state index contributed by atoms with van der Waals surface area (Å²) in [5.74, 6) is 1.33. The van der Waals surface area contributed by atoms with Gasteiger partial charge in [-0.1, -0.05) is 32.1 Å². The van der Waals surface area contributed by atoms with E-state index in [1.807, 2.05) is 0 Å². The monoisotopic (exact) mass is 317 g/mol. The maximum absolute atomic E-state index is 12.0. The molecule has 1 atom stereocenters. The van der Waals surface area contributed by atoms with E-state index in [2.05, 4.69) is 10.2 Å². The van der Waals surface area contributed by atoms with E-state index in [1.165, 1.54) is 51.6 Å². The Bertz CT molecular complexity index is 295. The van der Waals surface area contributed by atoms with Crippen molar-refractivity contribution in [3.05, 3.63) is 0 Å². The zero-order valence-electron chi connectivity index (χ0n) is 13.2. The molecule has 1 heterocycles. The summed E-state index contributed by atoms with van der Waals surface area (Å²) in [6, 6.07) is 0. The van der Waals surface area contributed by atoms with Gasteiger partial charge in [0.05, 0.1) is 5.92 Å². The first-order valence-electron chi connectivity index (χ1n) is 8.49. The largest absolute Gasteiger partial charge is 0.355 e. The molecule has 0 spiro atoms. The number of carbonyl (C=O) groups excluding carboxylic acids is 1. The van der Waals surface area contributed by atoms with Crippen LogP contribution in [0.2, 0.25) is 0 Å². The molecule has 21 heavy (non-hydrogen) atoms. The highest BCUT2D eigenvalue weighted by Gasteiger charge is 2.25. The van der Waals surface area contributed by atoms with Crippen molar-refractivity contribution in [3.63, 3.8) is 0 Å². The molecule has 124 valence electrons. The average Bonchev–Trinajstić information content (AvgIpc) is 2.52. The molecule has 2 fully saturated rings. The number of nitrogens with one attached hydrogen (secondary N) is 1. The lowest BCUT2D eigenvalue weighted by molar-refractivity contribution is -0.126. The maximum Gasteiger partial charge on any atom is 0.224 e. The lowest BCUT2D eigenvalue weighted by atomic mass is 9.86. The Morgan fingerprint density at radius 2 is 1.90 bits per heavy atom. The normalized spacial score (nSPS) is 24.3. The summed E-state index contributed by atoms with van der Waals surface area (Å²) in [6.45, 7) is 4.45. The fraction of sp³-hybridized carbons (Fsp3) is 0.938. The Balaban J connectivity index is 0.00000220. The minimum Gasteiger partial charge on any atom is -0.355 e. The predicted octanol–water partition coefficient (Wildman–Crippen LogP) is 2.17. The van der Waals surface area contributed by atoms with Crippen LogP contribution in [0.5, 0.6) is 0 Å². The number of nitrogens with zero attached hydrogens (tertiary/aromatic N) is 1. The molecule has 0 aromatic rings. The molecule has 3 N–H and O–H groups in total. The molecular formula is C16H32ClN3O. The van der Waals surface area contributed by atoms with Gasteiger partial charge in [0, 0.05) is 19.6 Å². The van der Waals surface area contributed by atoms with Crippen molar-refractivity contribution >= 4 is 18.3 Å². The van der Waals surface area contributed by atoms with E-state index in [0.29, 0.717) is 13.1 Å². The summed E-state index contributed by atoms with van der Waals surface area (Å²) in [5.41, 5.74) is 5.44. The number of nitrogens with two attached hydrogens (primary N) is 1. The topological polar surface area (TPSA) is 58.4 Å². The van der Waals surface area contributed by atoms with Gasteiger partial charge >= 0.3 is 0 Å². The molecule has 1 aliphatic heterocycles. The highest BCUT2D eigenvalue weighted by molar-refractivity contribution is 5.85. The number of halogens is 1. The van der Waals surface area contributed by atoms with Crippen LogP contribution in [0.25, 0.3) is 0 Å². The third-order valence-electron chi connectivity index (χ3n) is 4.90. The maximum atomic E-state index is 12.0. The van der Waals surface area contributed by atoms with Crippen LogP contribution < -0.4 is 11.1 Å². The molecule has 0 radical (unpaired) electrons. The van der Waals surface area contributed by atoms with Crippen molar-refractivity contribution in [2.75, 3.05) is 32.7 Å². The van der Waals surface area contributed by atoms with Gasteiger partial charge in [0.15, 0.2) is 0 Å². The fourth-order valence-corrected chi connectivity index (χ4v) is 3.65. The summed E-state index contributed by atoms with van der Waals surface area (Å²) in [4.78, 5) is 14.5. The second-order valence-electron chi connectivity index (χ2n) is 6.51. The summed E-state index contributed by atoms with van der Waals surface area (Å²) in [7, 11) is 0. The molecular weight excluding hydrogens is 286 g/mol. The summed E-state index contributed by atoms with van der Waals surface area (Å²) < 4.78 is 0. The lowest BCUT2D eigenvalue weighted by Crippen LogP contribution is -2.44. The number of piperidine rings is 1. The van der Waals surface area contributed by atoms with Crippen molar-refractivity contribution in [2.45, 2.75) is 51.4 Å². The van der Waals surface area contributed by atoms with Gasteiger partial charge in [-0.3, -0.25) is 4.79 Å². The molecule has 1 saturated heterocycles. The van der Waals surface area contributed by atoms with Crippen LogP contribution >= 0.6 is 12.4 Å². The number of carbonyl (C=O) groups is 1. The summed E-state index contributed by atoms with van der Waals surface area (Å²) >= 11 is 0. The van der Waals surface area contributed by atoms with Crippen LogP contribution in [0.3, 0.4) is 0 Å². The average molecular weight is 318 g/mol. The van der Waals surface area contributed by atoms with Gasteiger partial charge in [-0.2, -0.15) is 0 Å². The van der Waals surface area contributed by atoms with E-state index >= 15 is 0 Å². The Labute approximate surface area is 135 Å². The predicted molar refractivity (Wildman–Crippen MR) is 89.7 cm³/mol. The van der Waals surface area contributed by atoms with Crippen LogP contribution in [-0.2, 0) is 4.79 Å². The molecule has 0 aromatic heterocycles. The van der Waals surface area contributed by atoms with Crippen molar-refractivity contribution in [1.82, 2.24) is 10.2 Å². The zero-order chi connectivity index (χ0) is 14.2. The third-order valence-corrected chi connectivity index (χ3v) is 4.90. The van der Waals surface area contributed by atoms with Crippen LogP contribution in [0.15, 0.2) is 0 Å². The van der Waals surface area contributed by atoms with E-state index in [0.717, 1.165) is 25.3 Å². The second kappa shape index (κ2) is 10.4. The van der Waals surface area contributed by atoms with Gasteiger partial charge in [-0.25, -0.2) is 0 Å². The number of rotatable bonds is 6. The van der Waals surface area contributed by atoms with E-state index in [4.69, 9.17) is 5.73 Å². The number of hydrogen-bond acceptors (Lipinski definition) is 3. The van der Waals surface area contributed by atoms with E-state index in [-0.39, 0.29) is 24.2 Å². The van der Waals surface area contributed by atoms with Gasteiger partial charge in [0.2, 0.25) is 5.91 Å². The fourth-order valence-electron chi connectivity index (χ4n) is 3.65. The molecule has 1 unspecified atom stereocenters. The molecule has 0 bridgehead atoms. The molecule has 4 nitrogen and oxygen atoms in total. The van der Waals surface area contributed by atoms with Crippen LogP contribution in [-0.4, -0.2) is 43.5 Å². The van der Waals surface area contributed by atoms with Crippen LogP contribution in [0, 0.1) is 11.8 Å². The Morgan fingerprint density at radius 3 is 2.62 bits per heavy atom. The smallest absolute Gasteiger partial charge is 0.224 e. The molecule has 2 rings (SSSR count). The SMILES string of the molecule is Cl.NCCNC(=O)C1CCCN(CCC2CCCCC2)C1.